The molecule has 0 heterocycles. The summed E-state index contributed by atoms with van der Waals surface area (Å²) in [5.41, 5.74) is 0.784. The zero-order valence-corrected chi connectivity index (χ0v) is 10.8. The first-order chi connectivity index (χ1) is 9.58. The molecule has 0 bridgehead atoms. The van der Waals surface area contributed by atoms with Crippen molar-refractivity contribution in [3.05, 3.63) is 59.7 Å². The smallest absolute Gasteiger partial charge is 0.228 e. The minimum atomic E-state index is -0.480. The molecular formula is C15H13F2NO2. The molecule has 2 aromatic rings. The van der Waals surface area contributed by atoms with Crippen LogP contribution in [0.15, 0.2) is 42.5 Å². The predicted octanol–water partition coefficient (Wildman–Crippen LogP) is 3.15. The summed E-state index contributed by atoms with van der Waals surface area (Å²) in [7, 11) is 1.43. The van der Waals surface area contributed by atoms with Crippen LogP contribution in [0.3, 0.4) is 0 Å². The van der Waals surface area contributed by atoms with E-state index in [1.54, 1.807) is 6.07 Å². The quantitative estimate of drug-likeness (QED) is 0.932. The number of halogens is 2. The lowest BCUT2D eigenvalue weighted by molar-refractivity contribution is -0.115. The Balaban J connectivity index is 2.10. The van der Waals surface area contributed by atoms with E-state index in [0.717, 1.165) is 0 Å². The Morgan fingerprint density at radius 1 is 1.15 bits per heavy atom. The maximum Gasteiger partial charge on any atom is 0.228 e. The van der Waals surface area contributed by atoms with Crippen molar-refractivity contribution in [3.8, 4) is 5.75 Å². The van der Waals surface area contributed by atoms with Crippen LogP contribution in [0.1, 0.15) is 5.56 Å². The van der Waals surface area contributed by atoms with Gasteiger partial charge in [-0.3, -0.25) is 4.79 Å². The van der Waals surface area contributed by atoms with Crippen molar-refractivity contribution in [2.75, 3.05) is 12.4 Å². The van der Waals surface area contributed by atoms with Gasteiger partial charge in [0.1, 0.15) is 17.4 Å². The molecule has 2 aromatic carbocycles. The first kappa shape index (κ1) is 14.0. The second-order valence-corrected chi connectivity index (χ2v) is 4.20. The number of anilines is 1. The maximum atomic E-state index is 13.2. The van der Waals surface area contributed by atoms with Gasteiger partial charge in [0.15, 0.2) is 0 Å². The van der Waals surface area contributed by atoms with Crippen LogP contribution in [-0.4, -0.2) is 13.0 Å². The van der Waals surface area contributed by atoms with Crippen molar-refractivity contribution < 1.29 is 18.3 Å². The lowest BCUT2D eigenvalue weighted by Gasteiger charge is -2.10. The van der Waals surface area contributed by atoms with Crippen molar-refractivity contribution >= 4 is 11.6 Å². The molecular weight excluding hydrogens is 264 g/mol. The van der Waals surface area contributed by atoms with E-state index in [0.29, 0.717) is 11.3 Å². The van der Waals surface area contributed by atoms with Gasteiger partial charge < -0.3 is 10.1 Å². The second kappa shape index (κ2) is 6.14. The molecule has 0 saturated heterocycles. The number of nitrogens with one attached hydrogen (secondary N) is 1. The van der Waals surface area contributed by atoms with E-state index < -0.39 is 11.6 Å². The lowest BCUT2D eigenvalue weighted by atomic mass is 10.1. The molecule has 0 aromatic heterocycles. The largest absolute Gasteiger partial charge is 0.495 e. The molecule has 1 N–H and O–H groups in total. The molecule has 0 aliphatic carbocycles. The summed E-state index contributed by atoms with van der Waals surface area (Å²) in [6.07, 6.45) is -0.00255. The molecule has 0 saturated carbocycles. The van der Waals surface area contributed by atoms with Crippen LogP contribution in [0, 0.1) is 11.6 Å². The van der Waals surface area contributed by atoms with Gasteiger partial charge in [-0.05, 0) is 29.8 Å². The third-order valence-electron chi connectivity index (χ3n) is 2.69. The monoisotopic (exact) mass is 277 g/mol. The van der Waals surface area contributed by atoms with E-state index in [1.165, 1.54) is 43.5 Å². The SMILES string of the molecule is COc1ccc(F)cc1NC(=O)Cc1cccc(F)c1. The van der Waals surface area contributed by atoms with Crippen LogP contribution >= 0.6 is 0 Å². The summed E-state index contributed by atoms with van der Waals surface area (Å²) in [5, 5.41) is 2.54. The van der Waals surface area contributed by atoms with Gasteiger partial charge in [0, 0.05) is 6.07 Å². The number of carbonyl (C=O) groups excluding carboxylic acids is 1. The van der Waals surface area contributed by atoms with Gasteiger partial charge in [0.25, 0.3) is 0 Å². The minimum absolute atomic E-state index is 0.00255. The first-order valence-corrected chi connectivity index (χ1v) is 5.96. The molecule has 20 heavy (non-hydrogen) atoms. The van der Waals surface area contributed by atoms with Crippen LogP contribution in [0.4, 0.5) is 14.5 Å². The predicted molar refractivity (Wildman–Crippen MR) is 71.7 cm³/mol. The number of carbonyl (C=O) groups is 1. The van der Waals surface area contributed by atoms with Gasteiger partial charge >= 0.3 is 0 Å². The van der Waals surface area contributed by atoms with E-state index in [9.17, 15) is 13.6 Å². The van der Waals surface area contributed by atoms with E-state index in [-0.39, 0.29) is 18.0 Å². The fourth-order valence-electron chi connectivity index (χ4n) is 1.80. The highest BCUT2D eigenvalue weighted by Gasteiger charge is 2.09. The van der Waals surface area contributed by atoms with Crippen molar-refractivity contribution in [3.63, 3.8) is 0 Å². The van der Waals surface area contributed by atoms with Crippen molar-refractivity contribution in [1.29, 1.82) is 0 Å². The fraction of sp³-hybridized carbons (Fsp3) is 0.133. The van der Waals surface area contributed by atoms with Gasteiger partial charge in [0.05, 0.1) is 19.2 Å². The number of benzene rings is 2. The van der Waals surface area contributed by atoms with Crippen LogP contribution in [-0.2, 0) is 11.2 Å². The van der Waals surface area contributed by atoms with Crippen molar-refractivity contribution in [2.45, 2.75) is 6.42 Å². The summed E-state index contributed by atoms with van der Waals surface area (Å²) < 4.78 is 31.2. The minimum Gasteiger partial charge on any atom is -0.495 e. The molecule has 0 spiro atoms. The summed E-state index contributed by atoms with van der Waals surface area (Å²) in [6, 6.07) is 9.59. The normalized spacial score (nSPS) is 10.2. The molecule has 2 rings (SSSR count). The standard InChI is InChI=1S/C15H13F2NO2/c1-20-14-6-5-12(17)9-13(14)18-15(19)8-10-3-2-4-11(16)7-10/h2-7,9H,8H2,1H3,(H,18,19). The van der Waals surface area contributed by atoms with Crippen LogP contribution in [0.2, 0.25) is 0 Å². The molecule has 0 fully saturated rings. The van der Waals surface area contributed by atoms with E-state index in [4.69, 9.17) is 4.74 Å². The number of hydrogen-bond donors (Lipinski definition) is 1. The molecule has 0 unspecified atom stereocenters. The first-order valence-electron chi connectivity index (χ1n) is 5.96. The molecule has 0 aliphatic heterocycles. The Kier molecular flexibility index (Phi) is 4.30. The Labute approximate surface area is 115 Å². The van der Waals surface area contributed by atoms with Crippen molar-refractivity contribution in [1.82, 2.24) is 0 Å². The highest BCUT2D eigenvalue weighted by molar-refractivity contribution is 5.93. The average Bonchev–Trinajstić information content (AvgIpc) is 2.38. The summed E-state index contributed by atoms with van der Waals surface area (Å²) in [6.45, 7) is 0. The topological polar surface area (TPSA) is 38.3 Å². The second-order valence-electron chi connectivity index (χ2n) is 4.20. The summed E-state index contributed by atoms with van der Waals surface area (Å²) in [4.78, 5) is 11.9. The highest BCUT2D eigenvalue weighted by atomic mass is 19.1. The van der Waals surface area contributed by atoms with Crippen LogP contribution in [0.25, 0.3) is 0 Å². The maximum absolute atomic E-state index is 13.2. The molecule has 0 atom stereocenters. The Morgan fingerprint density at radius 2 is 1.90 bits per heavy atom. The Hall–Kier alpha value is -2.43. The van der Waals surface area contributed by atoms with Crippen LogP contribution in [0.5, 0.6) is 5.75 Å². The summed E-state index contributed by atoms with van der Waals surface area (Å²) in [5.74, 6) is -0.899. The number of ether oxygens (including phenoxy) is 1. The molecule has 1 amide bonds. The Morgan fingerprint density at radius 3 is 2.60 bits per heavy atom. The fourth-order valence-corrected chi connectivity index (χ4v) is 1.80. The Bertz CT molecular complexity index is 629. The molecule has 0 aliphatic rings. The van der Waals surface area contributed by atoms with Gasteiger partial charge in [0.2, 0.25) is 5.91 Å². The number of rotatable bonds is 4. The zero-order chi connectivity index (χ0) is 14.5. The van der Waals surface area contributed by atoms with E-state index in [2.05, 4.69) is 5.32 Å². The number of methoxy groups -OCH3 is 1. The van der Waals surface area contributed by atoms with Gasteiger partial charge in [-0.1, -0.05) is 12.1 Å². The number of amides is 1. The van der Waals surface area contributed by atoms with Gasteiger partial charge in [-0.15, -0.1) is 0 Å². The van der Waals surface area contributed by atoms with Gasteiger partial charge in [-0.25, -0.2) is 8.78 Å². The van der Waals surface area contributed by atoms with Gasteiger partial charge in [-0.2, -0.15) is 0 Å². The van der Waals surface area contributed by atoms with Crippen molar-refractivity contribution in [2.24, 2.45) is 0 Å². The third kappa shape index (κ3) is 3.54. The third-order valence-corrected chi connectivity index (χ3v) is 2.69. The summed E-state index contributed by atoms with van der Waals surface area (Å²) >= 11 is 0. The van der Waals surface area contributed by atoms with Crippen LogP contribution < -0.4 is 10.1 Å². The van der Waals surface area contributed by atoms with E-state index in [1.807, 2.05) is 0 Å². The number of hydrogen-bond acceptors (Lipinski definition) is 2. The molecule has 3 nitrogen and oxygen atoms in total. The molecule has 5 heteroatoms. The van der Waals surface area contributed by atoms with E-state index >= 15 is 0 Å². The molecule has 104 valence electrons. The average molecular weight is 277 g/mol. The lowest BCUT2D eigenvalue weighted by Crippen LogP contribution is -2.15. The molecule has 0 radical (unpaired) electrons. The highest BCUT2D eigenvalue weighted by Crippen LogP contribution is 2.25. The zero-order valence-electron chi connectivity index (χ0n) is 10.8.